The van der Waals surface area contributed by atoms with E-state index in [4.69, 9.17) is 0 Å². The summed E-state index contributed by atoms with van der Waals surface area (Å²) in [6.45, 7) is -0.289. The molecule has 0 saturated heterocycles. The highest BCUT2D eigenvalue weighted by atomic mass is 35.5. The standard InChI is InChI=1S/C7H6F3NO.ClH/c8-5-2-7(10)6(9)1-4(5)3-12-11;/h1-2H,3,11H2;1H. The minimum Gasteiger partial charge on any atom is -0.300 e. The van der Waals surface area contributed by atoms with E-state index in [9.17, 15) is 13.2 Å². The molecule has 0 bridgehead atoms. The van der Waals surface area contributed by atoms with Crippen molar-refractivity contribution in [1.82, 2.24) is 0 Å². The third kappa shape index (κ3) is 2.87. The van der Waals surface area contributed by atoms with Crippen LogP contribution in [0.2, 0.25) is 0 Å². The minimum atomic E-state index is -1.23. The lowest BCUT2D eigenvalue weighted by atomic mass is 10.2. The molecule has 0 saturated carbocycles. The van der Waals surface area contributed by atoms with Gasteiger partial charge in [-0.3, -0.25) is 4.84 Å². The van der Waals surface area contributed by atoms with Crippen LogP contribution in [0.4, 0.5) is 13.2 Å². The summed E-state index contributed by atoms with van der Waals surface area (Å²) in [7, 11) is 0. The van der Waals surface area contributed by atoms with Gasteiger partial charge in [0.1, 0.15) is 5.82 Å². The molecule has 74 valence electrons. The van der Waals surface area contributed by atoms with Crippen molar-refractivity contribution in [3.05, 3.63) is 35.1 Å². The Labute approximate surface area is 78.9 Å². The van der Waals surface area contributed by atoms with Crippen LogP contribution in [0.5, 0.6) is 0 Å². The van der Waals surface area contributed by atoms with Gasteiger partial charge in [-0.15, -0.1) is 12.4 Å². The first kappa shape index (κ1) is 12.2. The SMILES string of the molecule is Cl.NOCc1cc(F)c(F)cc1F. The molecule has 1 rings (SSSR count). The summed E-state index contributed by atoms with van der Waals surface area (Å²) in [4.78, 5) is 4.07. The molecule has 6 heteroatoms. The number of rotatable bonds is 2. The third-order valence-corrected chi connectivity index (χ3v) is 1.33. The second kappa shape index (κ2) is 5.06. The molecule has 0 fully saturated rings. The van der Waals surface area contributed by atoms with Gasteiger partial charge in [0.15, 0.2) is 11.6 Å². The molecule has 2 nitrogen and oxygen atoms in total. The molecule has 0 amide bonds. The largest absolute Gasteiger partial charge is 0.300 e. The Kier molecular flexibility index (Phi) is 4.76. The number of benzene rings is 1. The summed E-state index contributed by atoms with van der Waals surface area (Å²) < 4.78 is 37.4. The molecule has 1 aromatic rings. The smallest absolute Gasteiger partial charge is 0.161 e. The lowest BCUT2D eigenvalue weighted by Crippen LogP contribution is -2.02. The van der Waals surface area contributed by atoms with E-state index in [0.29, 0.717) is 12.1 Å². The van der Waals surface area contributed by atoms with Gasteiger partial charge in [0.2, 0.25) is 0 Å². The molecule has 1 aromatic carbocycles. The highest BCUT2D eigenvalue weighted by molar-refractivity contribution is 5.85. The van der Waals surface area contributed by atoms with Crippen molar-refractivity contribution in [1.29, 1.82) is 0 Å². The van der Waals surface area contributed by atoms with Crippen molar-refractivity contribution < 1.29 is 18.0 Å². The lowest BCUT2D eigenvalue weighted by molar-refractivity contribution is 0.121. The summed E-state index contributed by atoms with van der Waals surface area (Å²) in [5.74, 6) is 1.41. The highest BCUT2D eigenvalue weighted by Gasteiger charge is 2.08. The number of nitrogens with two attached hydrogens (primary N) is 1. The average molecular weight is 214 g/mol. The second-order valence-electron chi connectivity index (χ2n) is 2.17. The predicted octanol–water partition coefficient (Wildman–Crippen LogP) is 1.92. The Morgan fingerprint density at radius 3 is 2.15 bits per heavy atom. The maximum atomic E-state index is 12.7. The molecule has 0 atom stereocenters. The molecule has 0 aliphatic heterocycles. The fraction of sp³-hybridized carbons (Fsp3) is 0.143. The molecule has 2 N–H and O–H groups in total. The van der Waals surface area contributed by atoms with Crippen LogP contribution in [0.25, 0.3) is 0 Å². The third-order valence-electron chi connectivity index (χ3n) is 1.33. The topological polar surface area (TPSA) is 35.2 Å². The van der Waals surface area contributed by atoms with Crippen LogP contribution in [0, 0.1) is 17.5 Å². The van der Waals surface area contributed by atoms with E-state index in [1.54, 1.807) is 0 Å². The quantitative estimate of drug-likeness (QED) is 0.602. The highest BCUT2D eigenvalue weighted by Crippen LogP contribution is 2.13. The summed E-state index contributed by atoms with van der Waals surface area (Å²) >= 11 is 0. The van der Waals surface area contributed by atoms with Crippen molar-refractivity contribution in [3.8, 4) is 0 Å². The normalized spacial score (nSPS) is 9.54. The molecule has 0 aromatic heterocycles. The zero-order valence-corrected chi connectivity index (χ0v) is 7.21. The fourth-order valence-corrected chi connectivity index (χ4v) is 0.764. The molecule has 0 heterocycles. The van der Waals surface area contributed by atoms with Crippen LogP contribution in [0.1, 0.15) is 5.56 Å². The van der Waals surface area contributed by atoms with Crippen LogP contribution >= 0.6 is 12.4 Å². The Bertz CT molecular complexity index is 295. The van der Waals surface area contributed by atoms with Crippen LogP contribution in [0.15, 0.2) is 12.1 Å². The summed E-state index contributed by atoms with van der Waals surface area (Å²) in [6, 6.07) is 1.15. The van der Waals surface area contributed by atoms with Crippen molar-refractivity contribution in [2.24, 2.45) is 5.90 Å². The number of hydrogen-bond donors (Lipinski definition) is 1. The van der Waals surface area contributed by atoms with E-state index in [0.717, 1.165) is 0 Å². The van der Waals surface area contributed by atoms with Gasteiger partial charge in [-0.2, -0.15) is 0 Å². The molecule has 0 unspecified atom stereocenters. The molecule has 13 heavy (non-hydrogen) atoms. The van der Waals surface area contributed by atoms with Crippen molar-refractivity contribution >= 4 is 12.4 Å². The van der Waals surface area contributed by atoms with Crippen molar-refractivity contribution in [2.75, 3.05) is 0 Å². The van der Waals surface area contributed by atoms with E-state index in [-0.39, 0.29) is 24.6 Å². The Balaban J connectivity index is 0.00000144. The van der Waals surface area contributed by atoms with E-state index in [1.165, 1.54) is 0 Å². The average Bonchev–Trinajstić information content (AvgIpc) is 2.01. The summed E-state index contributed by atoms with van der Waals surface area (Å²) in [6.07, 6.45) is 0. The van der Waals surface area contributed by atoms with E-state index in [1.807, 2.05) is 0 Å². The zero-order chi connectivity index (χ0) is 9.14. The Hall–Kier alpha value is -0.780. The van der Waals surface area contributed by atoms with E-state index >= 15 is 0 Å². The first-order valence-corrected chi connectivity index (χ1v) is 3.10. The van der Waals surface area contributed by atoms with Crippen molar-refractivity contribution in [3.63, 3.8) is 0 Å². The van der Waals surface area contributed by atoms with Crippen LogP contribution < -0.4 is 5.90 Å². The van der Waals surface area contributed by atoms with Gasteiger partial charge in [0.25, 0.3) is 0 Å². The fourth-order valence-electron chi connectivity index (χ4n) is 0.764. The van der Waals surface area contributed by atoms with Gasteiger partial charge in [-0.05, 0) is 6.07 Å². The zero-order valence-electron chi connectivity index (χ0n) is 6.39. The molecular weight excluding hydrogens is 207 g/mol. The molecule has 0 radical (unpaired) electrons. The first-order valence-electron chi connectivity index (χ1n) is 3.10. The van der Waals surface area contributed by atoms with Crippen LogP contribution in [-0.4, -0.2) is 0 Å². The van der Waals surface area contributed by atoms with Crippen LogP contribution in [0.3, 0.4) is 0 Å². The maximum absolute atomic E-state index is 12.7. The maximum Gasteiger partial charge on any atom is 0.161 e. The van der Waals surface area contributed by atoms with Crippen LogP contribution in [-0.2, 0) is 11.4 Å². The predicted molar refractivity (Wildman–Crippen MR) is 42.5 cm³/mol. The Morgan fingerprint density at radius 2 is 1.62 bits per heavy atom. The van der Waals surface area contributed by atoms with Gasteiger partial charge in [0, 0.05) is 11.6 Å². The summed E-state index contributed by atoms with van der Waals surface area (Å²) in [5.41, 5.74) is -0.114. The lowest BCUT2D eigenvalue weighted by Gasteiger charge is -2.01. The first-order chi connectivity index (χ1) is 5.65. The Morgan fingerprint density at radius 1 is 1.08 bits per heavy atom. The second-order valence-corrected chi connectivity index (χ2v) is 2.17. The molecule has 0 aliphatic rings. The monoisotopic (exact) mass is 213 g/mol. The summed E-state index contributed by atoms with van der Waals surface area (Å²) in [5, 5.41) is 0. The van der Waals surface area contributed by atoms with E-state index in [2.05, 4.69) is 10.7 Å². The van der Waals surface area contributed by atoms with E-state index < -0.39 is 17.5 Å². The van der Waals surface area contributed by atoms with Gasteiger partial charge in [-0.25, -0.2) is 19.1 Å². The van der Waals surface area contributed by atoms with Gasteiger partial charge < -0.3 is 0 Å². The van der Waals surface area contributed by atoms with Gasteiger partial charge in [0.05, 0.1) is 6.61 Å². The molecular formula is C7H7ClF3NO. The molecule has 0 spiro atoms. The minimum absolute atomic E-state index is 0. The van der Waals surface area contributed by atoms with Gasteiger partial charge >= 0.3 is 0 Å². The van der Waals surface area contributed by atoms with Gasteiger partial charge in [-0.1, -0.05) is 0 Å². The number of hydrogen-bond acceptors (Lipinski definition) is 2. The van der Waals surface area contributed by atoms with Crippen molar-refractivity contribution in [2.45, 2.75) is 6.61 Å². The molecule has 0 aliphatic carbocycles. The number of halogens is 4.